The van der Waals surface area contributed by atoms with Crippen LogP contribution in [-0.4, -0.2) is 81.0 Å². The molecule has 0 bridgehead atoms. The quantitative estimate of drug-likeness (QED) is 0.199. The maximum absolute atomic E-state index is 13.7. The molecule has 1 unspecified atom stereocenters. The lowest BCUT2D eigenvalue weighted by Gasteiger charge is -2.28. The van der Waals surface area contributed by atoms with Gasteiger partial charge in [-0.3, -0.25) is 9.59 Å². The molecule has 4 amide bonds. The van der Waals surface area contributed by atoms with E-state index in [1.165, 1.54) is 14.2 Å². The number of amides is 4. The van der Waals surface area contributed by atoms with Crippen molar-refractivity contribution in [2.24, 2.45) is 0 Å². The maximum atomic E-state index is 13.7. The van der Waals surface area contributed by atoms with Gasteiger partial charge < -0.3 is 39.9 Å². The SMILES string of the molecule is COC(=O)N[C@@H](C(=O)N1CCCC1c1ncc(C#CC#Cc2cnc([C@@H]3CCCN3C(=O)[C@H](NC(=O)OC)c3ccccc3)[nH]2)[nH]1)c1ccccc1. The Morgan fingerprint density at radius 3 is 1.48 bits per heavy atom. The summed E-state index contributed by atoms with van der Waals surface area (Å²) in [6.45, 7) is 1.03. The van der Waals surface area contributed by atoms with E-state index in [4.69, 9.17) is 9.47 Å². The van der Waals surface area contributed by atoms with Crippen LogP contribution in [0.25, 0.3) is 0 Å². The molecule has 2 aromatic heterocycles. The van der Waals surface area contributed by atoms with Crippen LogP contribution < -0.4 is 10.6 Å². The largest absolute Gasteiger partial charge is 0.453 e. The summed E-state index contributed by atoms with van der Waals surface area (Å²) in [5.41, 5.74) is 2.37. The Kier molecular flexibility index (Phi) is 11.2. The second-order valence-corrected chi connectivity index (χ2v) is 12.2. The van der Waals surface area contributed by atoms with Gasteiger partial charge in [0.05, 0.1) is 38.7 Å². The molecule has 52 heavy (non-hydrogen) atoms. The zero-order valence-electron chi connectivity index (χ0n) is 28.7. The molecule has 4 heterocycles. The first kappa shape index (κ1) is 35.3. The van der Waals surface area contributed by atoms with E-state index in [1.54, 1.807) is 46.5 Å². The number of nitrogens with one attached hydrogen (secondary N) is 4. The minimum absolute atomic E-state index is 0.258. The van der Waals surface area contributed by atoms with Crippen molar-refractivity contribution in [2.75, 3.05) is 27.3 Å². The summed E-state index contributed by atoms with van der Waals surface area (Å²) in [5, 5.41) is 5.33. The molecule has 2 fully saturated rings. The molecule has 2 aliphatic rings. The number of imidazole rings is 2. The van der Waals surface area contributed by atoms with Crippen LogP contribution in [0.15, 0.2) is 73.1 Å². The highest BCUT2D eigenvalue weighted by molar-refractivity contribution is 5.88. The number of rotatable bonds is 8. The fraction of sp³-hybridized carbons (Fsp3) is 0.316. The van der Waals surface area contributed by atoms with Gasteiger partial charge in [0.15, 0.2) is 0 Å². The highest BCUT2D eigenvalue weighted by Gasteiger charge is 2.38. The van der Waals surface area contributed by atoms with Gasteiger partial charge in [0.25, 0.3) is 11.8 Å². The number of alkyl carbamates (subject to hydrolysis) is 2. The number of aromatic nitrogens is 4. The van der Waals surface area contributed by atoms with Gasteiger partial charge in [-0.2, -0.15) is 0 Å². The van der Waals surface area contributed by atoms with Crippen LogP contribution >= 0.6 is 0 Å². The third-order valence-corrected chi connectivity index (χ3v) is 9.01. The molecule has 0 saturated carbocycles. The average molecular weight is 703 g/mol. The molecule has 266 valence electrons. The summed E-state index contributed by atoms with van der Waals surface area (Å²) in [4.78, 5) is 70.5. The van der Waals surface area contributed by atoms with Gasteiger partial charge in [0.2, 0.25) is 0 Å². The summed E-state index contributed by atoms with van der Waals surface area (Å²) < 4.78 is 9.55. The lowest BCUT2D eigenvalue weighted by atomic mass is 10.1. The second-order valence-electron chi connectivity index (χ2n) is 12.2. The van der Waals surface area contributed by atoms with Gasteiger partial charge in [-0.05, 0) is 60.5 Å². The predicted molar refractivity (Wildman–Crippen MR) is 188 cm³/mol. The molecule has 2 aliphatic heterocycles. The van der Waals surface area contributed by atoms with Gasteiger partial charge in [-0.15, -0.1) is 0 Å². The van der Waals surface area contributed by atoms with Crippen molar-refractivity contribution in [3.63, 3.8) is 0 Å². The van der Waals surface area contributed by atoms with Crippen LogP contribution in [0.5, 0.6) is 0 Å². The first-order valence-electron chi connectivity index (χ1n) is 16.9. The van der Waals surface area contributed by atoms with E-state index >= 15 is 0 Å². The van der Waals surface area contributed by atoms with Crippen molar-refractivity contribution in [3.8, 4) is 23.7 Å². The van der Waals surface area contributed by atoms with E-state index in [-0.39, 0.29) is 23.9 Å². The zero-order chi connectivity index (χ0) is 36.5. The summed E-state index contributed by atoms with van der Waals surface area (Å²) in [6, 6.07) is 15.6. The molecule has 14 heteroatoms. The number of carbonyl (C=O) groups is 4. The Labute approximate surface area is 300 Å². The number of ether oxygens (including phenoxy) is 2. The Hall–Kier alpha value is -6.54. The van der Waals surface area contributed by atoms with Crippen LogP contribution in [0.2, 0.25) is 0 Å². The lowest BCUT2D eigenvalue weighted by Crippen LogP contribution is -2.42. The summed E-state index contributed by atoms with van der Waals surface area (Å²) in [7, 11) is 2.51. The third-order valence-electron chi connectivity index (χ3n) is 9.01. The number of benzene rings is 2. The molecule has 0 spiro atoms. The van der Waals surface area contributed by atoms with Gasteiger partial charge >= 0.3 is 12.2 Å². The number of likely N-dealkylation sites (tertiary alicyclic amines) is 2. The Bertz CT molecular complexity index is 1880. The molecule has 14 nitrogen and oxygen atoms in total. The minimum Gasteiger partial charge on any atom is -0.453 e. The summed E-state index contributed by atoms with van der Waals surface area (Å²) in [5.74, 6) is 12.3. The maximum Gasteiger partial charge on any atom is 0.407 e. The number of H-pyrrole nitrogens is 2. The van der Waals surface area contributed by atoms with Crippen molar-refractivity contribution < 1.29 is 28.7 Å². The fourth-order valence-corrected chi connectivity index (χ4v) is 6.52. The summed E-state index contributed by atoms with van der Waals surface area (Å²) in [6.07, 6.45) is 4.77. The van der Waals surface area contributed by atoms with Gasteiger partial charge in [0, 0.05) is 13.1 Å². The second kappa shape index (κ2) is 16.4. The lowest BCUT2D eigenvalue weighted by molar-refractivity contribution is -0.135. The zero-order valence-corrected chi connectivity index (χ0v) is 28.7. The molecule has 4 aromatic rings. The number of carbonyl (C=O) groups excluding carboxylic acids is 4. The molecule has 2 saturated heterocycles. The molecular formula is C38H38N8O6. The van der Waals surface area contributed by atoms with E-state index in [9.17, 15) is 19.2 Å². The number of methoxy groups -OCH3 is 2. The first-order chi connectivity index (χ1) is 25.4. The van der Waals surface area contributed by atoms with Crippen LogP contribution in [0.1, 0.15) is 84.0 Å². The Morgan fingerprint density at radius 1 is 0.692 bits per heavy atom. The molecular weight excluding hydrogens is 664 g/mol. The van der Waals surface area contributed by atoms with E-state index in [1.807, 2.05) is 36.4 Å². The number of nitrogens with zero attached hydrogens (tertiary/aromatic N) is 4. The van der Waals surface area contributed by atoms with Gasteiger partial charge in [0.1, 0.15) is 35.1 Å². The van der Waals surface area contributed by atoms with E-state index < -0.39 is 24.3 Å². The standard InChI is InChI=1S/C38H38N8O6/c1-51-37(49)43-31(25-13-5-3-6-14-25)35(47)45-21-11-19-29(45)33-39-23-27(41-33)17-9-10-18-28-24-40-34(42-28)30-20-12-22-46(30)36(48)32(44-38(50)52-2)26-15-7-4-8-16-26/h3-8,13-16,23-24,29-32H,11-12,19-22H2,1-2H3,(H,39,41)(H,40,42)(H,43,49)(H,44,50)/t29-,30?,31+,32+/m0/s1. The van der Waals surface area contributed by atoms with E-state index in [0.29, 0.717) is 60.1 Å². The number of aromatic amines is 2. The van der Waals surface area contributed by atoms with Crippen molar-refractivity contribution in [1.29, 1.82) is 0 Å². The highest BCUT2D eigenvalue weighted by atomic mass is 16.5. The van der Waals surface area contributed by atoms with Crippen LogP contribution in [-0.2, 0) is 19.1 Å². The third kappa shape index (κ3) is 8.08. The van der Waals surface area contributed by atoms with Crippen LogP contribution in [0.3, 0.4) is 0 Å². The van der Waals surface area contributed by atoms with Crippen molar-refractivity contribution in [3.05, 3.63) is 107 Å². The smallest absolute Gasteiger partial charge is 0.407 e. The predicted octanol–water partition coefficient (Wildman–Crippen LogP) is 4.06. The van der Waals surface area contributed by atoms with Gasteiger partial charge in [-0.1, -0.05) is 60.7 Å². The molecule has 4 N–H and O–H groups in total. The average Bonchev–Trinajstić information content (AvgIpc) is 4.02. The minimum atomic E-state index is -0.909. The number of hydrogen-bond acceptors (Lipinski definition) is 8. The van der Waals surface area contributed by atoms with Crippen molar-refractivity contribution in [1.82, 2.24) is 40.4 Å². The van der Waals surface area contributed by atoms with Crippen LogP contribution in [0, 0.1) is 23.7 Å². The molecule has 2 aromatic carbocycles. The Balaban J connectivity index is 1.11. The first-order valence-corrected chi connectivity index (χ1v) is 16.9. The van der Waals surface area contributed by atoms with E-state index in [0.717, 1.165) is 12.8 Å². The van der Waals surface area contributed by atoms with Crippen molar-refractivity contribution in [2.45, 2.75) is 49.9 Å². The molecule has 4 atom stereocenters. The summed E-state index contributed by atoms with van der Waals surface area (Å²) >= 11 is 0. The monoisotopic (exact) mass is 702 g/mol. The van der Waals surface area contributed by atoms with Gasteiger partial charge in [-0.25, -0.2) is 19.6 Å². The molecule has 0 aliphatic carbocycles. The molecule has 6 rings (SSSR count). The fourth-order valence-electron chi connectivity index (χ4n) is 6.52. The highest BCUT2D eigenvalue weighted by Crippen LogP contribution is 2.34. The van der Waals surface area contributed by atoms with E-state index in [2.05, 4.69) is 54.3 Å². The topological polar surface area (TPSA) is 175 Å². The normalized spacial score (nSPS) is 17.5. The van der Waals surface area contributed by atoms with Crippen LogP contribution in [0.4, 0.5) is 9.59 Å². The number of hydrogen-bond donors (Lipinski definition) is 4. The Morgan fingerprint density at radius 2 is 1.10 bits per heavy atom. The van der Waals surface area contributed by atoms with Crippen molar-refractivity contribution >= 4 is 24.0 Å². The molecule has 0 radical (unpaired) electrons.